The molecule has 138 valence electrons. The lowest BCUT2D eigenvalue weighted by atomic mass is 10.1. The molecule has 2 heterocycles. The van der Waals surface area contributed by atoms with Gasteiger partial charge in [-0.25, -0.2) is 14.6 Å². The predicted octanol–water partition coefficient (Wildman–Crippen LogP) is 2.57. The summed E-state index contributed by atoms with van der Waals surface area (Å²) < 4.78 is 1.81. The first kappa shape index (κ1) is 20.3. The second kappa shape index (κ2) is 10.2. The van der Waals surface area contributed by atoms with Crippen molar-refractivity contribution in [2.24, 2.45) is 4.99 Å². The van der Waals surface area contributed by atoms with Crippen LogP contribution >= 0.6 is 35.3 Å². The summed E-state index contributed by atoms with van der Waals surface area (Å²) in [5.74, 6) is 0.759. The van der Waals surface area contributed by atoms with Gasteiger partial charge < -0.3 is 10.6 Å². The molecule has 3 aromatic rings. The maximum absolute atomic E-state index is 4.35. The van der Waals surface area contributed by atoms with Crippen LogP contribution in [0.5, 0.6) is 0 Å². The highest BCUT2D eigenvalue weighted by atomic mass is 127. The van der Waals surface area contributed by atoms with E-state index in [4.69, 9.17) is 0 Å². The first-order valence-electron chi connectivity index (χ1n) is 7.99. The number of thiazole rings is 1. The maximum atomic E-state index is 4.35. The minimum atomic E-state index is 0. The van der Waals surface area contributed by atoms with Crippen LogP contribution in [0.3, 0.4) is 0 Å². The molecule has 0 aliphatic rings. The second-order valence-electron chi connectivity index (χ2n) is 5.56. The molecule has 0 bridgehead atoms. The van der Waals surface area contributed by atoms with Crippen molar-refractivity contribution in [1.82, 2.24) is 30.4 Å². The Balaban J connectivity index is 0.00000243. The smallest absolute Gasteiger partial charge is 0.191 e. The molecule has 0 aliphatic heterocycles. The van der Waals surface area contributed by atoms with E-state index in [9.17, 15) is 0 Å². The Labute approximate surface area is 174 Å². The van der Waals surface area contributed by atoms with E-state index in [1.807, 2.05) is 10.9 Å². The van der Waals surface area contributed by atoms with Gasteiger partial charge in [-0.3, -0.25) is 4.99 Å². The van der Waals surface area contributed by atoms with Crippen molar-refractivity contribution >= 4 is 41.3 Å². The molecular weight excluding hydrogens is 461 g/mol. The Morgan fingerprint density at radius 1 is 1.23 bits per heavy atom. The van der Waals surface area contributed by atoms with E-state index in [0.29, 0.717) is 19.6 Å². The molecular formula is C17H22IN7S. The Kier molecular flexibility index (Phi) is 7.98. The molecule has 0 unspecified atom stereocenters. The Morgan fingerprint density at radius 3 is 2.73 bits per heavy atom. The highest BCUT2D eigenvalue weighted by molar-refractivity contribution is 14.0. The monoisotopic (exact) mass is 483 g/mol. The lowest BCUT2D eigenvalue weighted by molar-refractivity contribution is 0.683. The summed E-state index contributed by atoms with van der Waals surface area (Å²) in [7, 11) is 1.77. The second-order valence-corrected chi connectivity index (χ2v) is 6.88. The summed E-state index contributed by atoms with van der Waals surface area (Å²) in [5, 5.41) is 11.8. The fraction of sp³-hybridized carbons (Fsp3) is 0.294. The van der Waals surface area contributed by atoms with E-state index in [-0.39, 0.29) is 24.0 Å². The van der Waals surface area contributed by atoms with Gasteiger partial charge in [-0.2, -0.15) is 5.10 Å². The molecule has 2 N–H and O–H groups in total. The predicted molar refractivity (Wildman–Crippen MR) is 115 cm³/mol. The number of aromatic nitrogens is 4. The number of nitrogens with one attached hydrogen (secondary N) is 2. The fourth-order valence-corrected chi connectivity index (χ4v) is 3.12. The van der Waals surface area contributed by atoms with Gasteiger partial charge >= 0.3 is 0 Å². The van der Waals surface area contributed by atoms with E-state index in [0.717, 1.165) is 11.0 Å². The van der Waals surface area contributed by atoms with Crippen LogP contribution in [0, 0.1) is 6.92 Å². The summed E-state index contributed by atoms with van der Waals surface area (Å²) in [5.41, 5.74) is 2.37. The molecule has 3 rings (SSSR count). The van der Waals surface area contributed by atoms with Gasteiger partial charge in [0, 0.05) is 24.7 Å². The molecule has 0 fully saturated rings. The molecule has 0 spiro atoms. The first-order chi connectivity index (χ1) is 12.2. The Morgan fingerprint density at radius 2 is 2.04 bits per heavy atom. The van der Waals surface area contributed by atoms with Gasteiger partial charge in [0.15, 0.2) is 5.96 Å². The summed E-state index contributed by atoms with van der Waals surface area (Å²) >= 11 is 1.69. The third-order valence-electron chi connectivity index (χ3n) is 3.56. The number of halogens is 1. The summed E-state index contributed by atoms with van der Waals surface area (Å²) in [6.45, 7) is 4.14. The van der Waals surface area contributed by atoms with Crippen molar-refractivity contribution in [1.29, 1.82) is 0 Å². The van der Waals surface area contributed by atoms with Crippen LogP contribution < -0.4 is 10.6 Å². The van der Waals surface area contributed by atoms with E-state index in [1.165, 1.54) is 16.0 Å². The number of hydrogen-bond acceptors (Lipinski definition) is 5. The van der Waals surface area contributed by atoms with Crippen LogP contribution in [0.4, 0.5) is 0 Å². The minimum Gasteiger partial charge on any atom is -0.352 e. The molecule has 0 amide bonds. The zero-order chi connectivity index (χ0) is 17.5. The van der Waals surface area contributed by atoms with E-state index >= 15 is 0 Å². The van der Waals surface area contributed by atoms with Crippen LogP contribution in [0.25, 0.3) is 0 Å². The minimum absolute atomic E-state index is 0. The van der Waals surface area contributed by atoms with Crippen LogP contribution in [0.2, 0.25) is 0 Å². The van der Waals surface area contributed by atoms with Crippen molar-refractivity contribution < 1.29 is 0 Å². The average molecular weight is 483 g/mol. The van der Waals surface area contributed by atoms with Gasteiger partial charge in [0.25, 0.3) is 0 Å². The first-order valence-corrected chi connectivity index (χ1v) is 8.80. The zero-order valence-corrected chi connectivity index (χ0v) is 17.9. The molecule has 0 atom stereocenters. The topological polar surface area (TPSA) is 80.0 Å². The number of aliphatic imine (C=N–C) groups is 1. The van der Waals surface area contributed by atoms with Crippen molar-refractivity contribution in [3.63, 3.8) is 0 Å². The lowest BCUT2D eigenvalue weighted by Crippen LogP contribution is -2.36. The van der Waals surface area contributed by atoms with Gasteiger partial charge in [0.05, 0.1) is 13.1 Å². The van der Waals surface area contributed by atoms with Crippen molar-refractivity contribution in [3.8, 4) is 0 Å². The van der Waals surface area contributed by atoms with E-state index in [1.54, 1.807) is 31.0 Å². The van der Waals surface area contributed by atoms with Gasteiger partial charge in [-0.1, -0.05) is 24.3 Å². The Hall–Kier alpha value is -2.01. The standard InChI is InChI=1S/C17H21N7S.HI/c1-13-7-20-16(25-13)9-22-17(18-2)21-8-14-4-3-5-15(6-14)10-24-12-19-11-23-24;/h3-7,11-12H,8-10H2,1-2H3,(H2,18,21,22);1H. The highest BCUT2D eigenvalue weighted by Crippen LogP contribution is 2.10. The van der Waals surface area contributed by atoms with Crippen molar-refractivity contribution in [2.75, 3.05) is 7.05 Å². The largest absolute Gasteiger partial charge is 0.352 e. The molecule has 0 aliphatic carbocycles. The molecule has 26 heavy (non-hydrogen) atoms. The molecule has 0 saturated carbocycles. The van der Waals surface area contributed by atoms with E-state index < -0.39 is 0 Å². The van der Waals surface area contributed by atoms with Gasteiger partial charge in [0.2, 0.25) is 0 Å². The third kappa shape index (κ3) is 6.06. The van der Waals surface area contributed by atoms with Crippen LogP contribution in [0.1, 0.15) is 21.0 Å². The fourth-order valence-electron chi connectivity index (χ4n) is 2.39. The summed E-state index contributed by atoms with van der Waals surface area (Å²) in [4.78, 5) is 13.8. The van der Waals surface area contributed by atoms with Gasteiger partial charge in [0.1, 0.15) is 17.7 Å². The van der Waals surface area contributed by atoms with E-state index in [2.05, 4.69) is 61.9 Å². The number of nitrogens with zero attached hydrogens (tertiary/aromatic N) is 5. The van der Waals surface area contributed by atoms with Crippen LogP contribution in [-0.2, 0) is 19.6 Å². The number of hydrogen-bond donors (Lipinski definition) is 2. The molecule has 1 aromatic carbocycles. The normalized spacial score (nSPS) is 11.1. The number of benzene rings is 1. The molecule has 0 saturated heterocycles. The zero-order valence-electron chi connectivity index (χ0n) is 14.7. The summed E-state index contributed by atoms with van der Waals surface area (Å²) in [6.07, 6.45) is 5.15. The number of rotatable bonds is 6. The number of guanidine groups is 1. The molecule has 2 aromatic heterocycles. The lowest BCUT2D eigenvalue weighted by Gasteiger charge is -2.11. The van der Waals surface area contributed by atoms with Crippen LogP contribution in [0.15, 0.2) is 48.1 Å². The quantitative estimate of drug-likeness (QED) is 0.320. The average Bonchev–Trinajstić information content (AvgIpc) is 3.27. The highest BCUT2D eigenvalue weighted by Gasteiger charge is 2.03. The summed E-state index contributed by atoms with van der Waals surface area (Å²) in [6, 6.07) is 8.39. The van der Waals surface area contributed by atoms with Crippen LogP contribution in [-0.4, -0.2) is 32.8 Å². The SMILES string of the molecule is CN=C(NCc1cccc(Cn2cncn2)c1)NCc1ncc(C)s1.I. The molecule has 0 radical (unpaired) electrons. The Bertz CT molecular complexity index is 829. The number of aryl methyl sites for hydroxylation is 1. The maximum Gasteiger partial charge on any atom is 0.191 e. The molecule has 9 heteroatoms. The van der Waals surface area contributed by atoms with Gasteiger partial charge in [-0.15, -0.1) is 35.3 Å². The van der Waals surface area contributed by atoms with Crippen molar-refractivity contribution in [3.05, 3.63) is 64.1 Å². The third-order valence-corrected chi connectivity index (χ3v) is 4.48. The van der Waals surface area contributed by atoms with Gasteiger partial charge in [-0.05, 0) is 18.1 Å². The van der Waals surface area contributed by atoms with Crippen molar-refractivity contribution in [2.45, 2.75) is 26.6 Å². The molecule has 7 nitrogen and oxygen atoms in total.